The van der Waals surface area contributed by atoms with Crippen LogP contribution >= 0.6 is 0 Å². The number of methoxy groups -OCH3 is 3. The number of nitrogens with two attached hydrogens (primary N) is 1. The maximum absolute atomic E-state index is 12.2. The van der Waals surface area contributed by atoms with Crippen molar-refractivity contribution < 1.29 is 19.0 Å². The van der Waals surface area contributed by atoms with Crippen LogP contribution in [0.25, 0.3) is 0 Å². The van der Waals surface area contributed by atoms with E-state index in [9.17, 15) is 4.79 Å². The van der Waals surface area contributed by atoms with Crippen LogP contribution in [0, 0.1) is 5.92 Å². The van der Waals surface area contributed by atoms with Crippen LogP contribution in [0.5, 0.6) is 17.2 Å². The molecule has 0 aliphatic heterocycles. The Kier molecular flexibility index (Phi) is 5.49. The molecular formula is C16H24N2O4. The van der Waals surface area contributed by atoms with Crippen molar-refractivity contribution in [2.45, 2.75) is 31.8 Å². The quantitative estimate of drug-likeness (QED) is 0.831. The molecule has 0 heterocycles. The van der Waals surface area contributed by atoms with Crippen LogP contribution in [0.4, 0.5) is 0 Å². The minimum absolute atomic E-state index is 0.0149. The van der Waals surface area contributed by atoms with Crippen molar-refractivity contribution in [2.24, 2.45) is 11.7 Å². The van der Waals surface area contributed by atoms with Gasteiger partial charge in [0.2, 0.25) is 11.7 Å². The van der Waals surface area contributed by atoms with Crippen molar-refractivity contribution in [3.63, 3.8) is 0 Å². The van der Waals surface area contributed by atoms with E-state index in [0.717, 1.165) is 24.8 Å². The number of hydrogen-bond donors (Lipinski definition) is 2. The van der Waals surface area contributed by atoms with Crippen LogP contribution in [0.1, 0.15) is 24.8 Å². The van der Waals surface area contributed by atoms with Crippen molar-refractivity contribution in [2.75, 3.05) is 21.3 Å². The van der Waals surface area contributed by atoms with E-state index in [1.54, 1.807) is 27.4 Å². The molecule has 1 saturated carbocycles. The van der Waals surface area contributed by atoms with Crippen LogP contribution in [-0.2, 0) is 11.3 Å². The minimum atomic E-state index is 0.0149. The second-order valence-electron chi connectivity index (χ2n) is 5.48. The summed E-state index contributed by atoms with van der Waals surface area (Å²) >= 11 is 0. The van der Waals surface area contributed by atoms with Gasteiger partial charge in [-0.2, -0.15) is 0 Å². The Morgan fingerprint density at radius 3 is 2.45 bits per heavy atom. The first-order valence-corrected chi connectivity index (χ1v) is 7.41. The lowest BCUT2D eigenvalue weighted by atomic mass is 10.1. The Morgan fingerprint density at radius 1 is 1.18 bits per heavy atom. The summed E-state index contributed by atoms with van der Waals surface area (Å²) in [7, 11) is 4.70. The number of nitrogens with one attached hydrogen (secondary N) is 1. The molecule has 0 spiro atoms. The molecule has 0 radical (unpaired) electrons. The molecule has 0 bridgehead atoms. The lowest BCUT2D eigenvalue weighted by molar-refractivity contribution is -0.125. The number of amides is 1. The second kappa shape index (κ2) is 7.35. The Bertz CT molecular complexity index is 533. The zero-order valence-electron chi connectivity index (χ0n) is 13.3. The summed E-state index contributed by atoms with van der Waals surface area (Å²) in [6.07, 6.45) is 2.53. The van der Waals surface area contributed by atoms with Gasteiger partial charge in [-0.3, -0.25) is 4.79 Å². The normalized spacial score (nSPS) is 20.5. The highest BCUT2D eigenvalue weighted by Crippen LogP contribution is 2.39. The number of carbonyl (C=O) groups is 1. The molecule has 1 aromatic carbocycles. The monoisotopic (exact) mass is 308 g/mol. The van der Waals surface area contributed by atoms with Gasteiger partial charge in [-0.25, -0.2) is 0 Å². The second-order valence-corrected chi connectivity index (χ2v) is 5.48. The molecule has 1 aliphatic rings. The van der Waals surface area contributed by atoms with Crippen LogP contribution in [0.3, 0.4) is 0 Å². The number of rotatable bonds is 6. The van der Waals surface area contributed by atoms with Gasteiger partial charge in [-0.1, -0.05) is 0 Å². The Balaban J connectivity index is 2.07. The standard InChI is InChI=1S/C16H24N2O4/c1-20-13-7-5-11(14(21-2)15(13)22-3)9-18-16(19)10-4-6-12(17)8-10/h5,7,10,12H,4,6,8-9,17H2,1-3H3,(H,18,19). The summed E-state index contributed by atoms with van der Waals surface area (Å²) in [5.41, 5.74) is 6.70. The van der Waals surface area contributed by atoms with E-state index in [4.69, 9.17) is 19.9 Å². The van der Waals surface area contributed by atoms with Crippen molar-refractivity contribution in [3.05, 3.63) is 17.7 Å². The summed E-state index contributed by atoms with van der Waals surface area (Å²) in [6.45, 7) is 0.383. The van der Waals surface area contributed by atoms with Gasteiger partial charge in [0.15, 0.2) is 11.5 Å². The Morgan fingerprint density at radius 2 is 1.91 bits per heavy atom. The third kappa shape index (κ3) is 3.44. The summed E-state index contributed by atoms with van der Waals surface area (Å²) < 4.78 is 16.0. The van der Waals surface area contributed by atoms with E-state index in [1.807, 2.05) is 6.07 Å². The molecule has 2 rings (SSSR count). The average molecular weight is 308 g/mol. The summed E-state index contributed by atoms with van der Waals surface area (Å²) in [4.78, 5) is 12.2. The van der Waals surface area contributed by atoms with E-state index in [-0.39, 0.29) is 17.9 Å². The number of ether oxygens (including phenoxy) is 3. The zero-order chi connectivity index (χ0) is 16.1. The molecule has 1 amide bonds. The molecule has 6 nitrogen and oxygen atoms in total. The topological polar surface area (TPSA) is 82.8 Å². The molecule has 1 aliphatic carbocycles. The first-order valence-electron chi connectivity index (χ1n) is 7.41. The number of carbonyl (C=O) groups excluding carboxylic acids is 1. The maximum atomic E-state index is 12.2. The van der Waals surface area contributed by atoms with Crippen LogP contribution in [0.15, 0.2) is 12.1 Å². The first kappa shape index (κ1) is 16.4. The molecule has 1 fully saturated rings. The minimum Gasteiger partial charge on any atom is -0.493 e. The summed E-state index contributed by atoms with van der Waals surface area (Å²) in [6, 6.07) is 3.81. The molecule has 122 valence electrons. The third-order valence-corrected chi connectivity index (χ3v) is 4.08. The van der Waals surface area contributed by atoms with Gasteiger partial charge < -0.3 is 25.3 Å². The number of benzene rings is 1. The highest BCUT2D eigenvalue weighted by Gasteiger charge is 2.27. The molecule has 22 heavy (non-hydrogen) atoms. The van der Waals surface area contributed by atoms with E-state index in [0.29, 0.717) is 23.8 Å². The van der Waals surface area contributed by atoms with Gasteiger partial charge in [0.1, 0.15) is 0 Å². The fourth-order valence-electron chi connectivity index (χ4n) is 2.88. The smallest absolute Gasteiger partial charge is 0.223 e. The third-order valence-electron chi connectivity index (χ3n) is 4.08. The largest absolute Gasteiger partial charge is 0.493 e. The predicted molar refractivity (Wildman–Crippen MR) is 83.3 cm³/mol. The van der Waals surface area contributed by atoms with Gasteiger partial charge in [0, 0.05) is 24.1 Å². The van der Waals surface area contributed by atoms with E-state index >= 15 is 0 Å². The van der Waals surface area contributed by atoms with Gasteiger partial charge in [-0.15, -0.1) is 0 Å². The number of hydrogen-bond acceptors (Lipinski definition) is 5. The van der Waals surface area contributed by atoms with Gasteiger partial charge in [-0.05, 0) is 31.4 Å². The highest BCUT2D eigenvalue weighted by molar-refractivity contribution is 5.79. The molecule has 0 aromatic heterocycles. The van der Waals surface area contributed by atoms with Gasteiger partial charge in [0.05, 0.1) is 21.3 Å². The molecule has 0 saturated heterocycles. The molecule has 1 aromatic rings. The maximum Gasteiger partial charge on any atom is 0.223 e. The molecule has 3 N–H and O–H groups in total. The summed E-state index contributed by atoms with van der Waals surface area (Å²) in [5.74, 6) is 1.76. The lowest BCUT2D eigenvalue weighted by Crippen LogP contribution is -2.30. The van der Waals surface area contributed by atoms with Crippen LogP contribution in [0.2, 0.25) is 0 Å². The van der Waals surface area contributed by atoms with Crippen molar-refractivity contribution in [1.29, 1.82) is 0 Å². The van der Waals surface area contributed by atoms with E-state index < -0.39 is 0 Å². The van der Waals surface area contributed by atoms with Gasteiger partial charge in [0.25, 0.3) is 0 Å². The fraction of sp³-hybridized carbons (Fsp3) is 0.562. The average Bonchev–Trinajstić information content (AvgIpc) is 2.97. The Labute approximate surface area is 130 Å². The molecule has 2 unspecified atom stereocenters. The molecule has 6 heteroatoms. The lowest BCUT2D eigenvalue weighted by Gasteiger charge is -2.17. The van der Waals surface area contributed by atoms with Crippen LogP contribution in [-0.4, -0.2) is 33.3 Å². The van der Waals surface area contributed by atoms with E-state index in [1.165, 1.54) is 0 Å². The molecule has 2 atom stereocenters. The van der Waals surface area contributed by atoms with E-state index in [2.05, 4.69) is 5.32 Å². The van der Waals surface area contributed by atoms with Crippen molar-refractivity contribution in [1.82, 2.24) is 5.32 Å². The molecular weight excluding hydrogens is 284 g/mol. The predicted octanol–water partition coefficient (Wildman–Crippen LogP) is 1.46. The van der Waals surface area contributed by atoms with Crippen molar-refractivity contribution in [3.8, 4) is 17.2 Å². The summed E-state index contributed by atoms with van der Waals surface area (Å²) in [5, 5.41) is 2.95. The first-order chi connectivity index (χ1) is 10.6. The zero-order valence-corrected chi connectivity index (χ0v) is 13.3. The fourth-order valence-corrected chi connectivity index (χ4v) is 2.88. The van der Waals surface area contributed by atoms with Crippen LogP contribution < -0.4 is 25.3 Å². The van der Waals surface area contributed by atoms with Gasteiger partial charge >= 0.3 is 0 Å². The van der Waals surface area contributed by atoms with Crippen molar-refractivity contribution >= 4 is 5.91 Å². The highest BCUT2D eigenvalue weighted by atomic mass is 16.5. The Hall–Kier alpha value is -1.95. The SMILES string of the molecule is COc1ccc(CNC(=O)C2CCC(N)C2)c(OC)c1OC.